The maximum Gasteiger partial charge on any atom is 0.266 e. The lowest BCUT2D eigenvalue weighted by Gasteiger charge is -2.14. The summed E-state index contributed by atoms with van der Waals surface area (Å²) >= 11 is 6.64. The molecule has 0 aliphatic carbocycles. The second-order valence-corrected chi connectivity index (χ2v) is 7.94. The fourth-order valence-electron chi connectivity index (χ4n) is 2.65. The minimum absolute atomic E-state index is 0.0656. The largest absolute Gasteiger partial charge is 0.326 e. The van der Waals surface area contributed by atoms with Gasteiger partial charge in [0, 0.05) is 18.7 Å². The highest BCUT2D eigenvalue weighted by Crippen LogP contribution is 2.32. The van der Waals surface area contributed by atoms with Crippen molar-refractivity contribution in [2.45, 2.75) is 19.8 Å². The summed E-state index contributed by atoms with van der Waals surface area (Å²) in [5, 5.41) is 2.87. The van der Waals surface area contributed by atoms with Crippen LogP contribution in [0.1, 0.15) is 24.0 Å². The van der Waals surface area contributed by atoms with E-state index in [1.54, 1.807) is 4.90 Å². The van der Waals surface area contributed by atoms with Gasteiger partial charge in [-0.3, -0.25) is 14.5 Å². The van der Waals surface area contributed by atoms with E-state index >= 15 is 0 Å². The number of thioether (sulfide) groups is 1. The van der Waals surface area contributed by atoms with Crippen LogP contribution in [0, 0.1) is 6.92 Å². The molecule has 1 aliphatic rings. The summed E-state index contributed by atoms with van der Waals surface area (Å²) in [7, 11) is 0. The van der Waals surface area contributed by atoms with Crippen molar-refractivity contribution < 1.29 is 9.59 Å². The standard InChI is InChI=1S/C21H20N2O2S2/c1-15-9-11-17(12-10-15)22-19(24)8-5-13-23-20(25)18(27-21(23)26)14-16-6-3-2-4-7-16/h2-4,6-7,9-12,14H,5,8,13H2,1H3,(H,22,24)/b18-14-. The molecule has 1 N–H and O–H groups in total. The van der Waals surface area contributed by atoms with E-state index < -0.39 is 0 Å². The van der Waals surface area contributed by atoms with Crippen LogP contribution in [0.5, 0.6) is 0 Å². The van der Waals surface area contributed by atoms with Gasteiger partial charge < -0.3 is 5.32 Å². The second kappa shape index (κ2) is 8.97. The molecule has 0 bridgehead atoms. The number of hydrogen-bond donors (Lipinski definition) is 1. The van der Waals surface area contributed by atoms with Crippen LogP contribution in [0.15, 0.2) is 59.5 Å². The van der Waals surface area contributed by atoms with Crippen LogP contribution in [0.2, 0.25) is 0 Å². The number of thiocarbonyl (C=S) groups is 1. The Balaban J connectivity index is 1.51. The molecule has 138 valence electrons. The Morgan fingerprint density at radius 3 is 2.56 bits per heavy atom. The van der Waals surface area contributed by atoms with Gasteiger partial charge in [-0.15, -0.1) is 0 Å². The van der Waals surface area contributed by atoms with E-state index in [9.17, 15) is 9.59 Å². The predicted molar refractivity (Wildman–Crippen MR) is 115 cm³/mol. The molecule has 3 rings (SSSR count). The monoisotopic (exact) mass is 396 g/mol. The third-order valence-corrected chi connectivity index (χ3v) is 5.47. The predicted octanol–water partition coefficient (Wildman–Crippen LogP) is 4.62. The lowest BCUT2D eigenvalue weighted by molar-refractivity contribution is -0.122. The van der Waals surface area contributed by atoms with Gasteiger partial charge in [-0.25, -0.2) is 0 Å². The zero-order chi connectivity index (χ0) is 19.2. The number of nitrogens with one attached hydrogen (secondary N) is 1. The molecule has 0 unspecified atom stereocenters. The number of benzene rings is 2. The molecule has 27 heavy (non-hydrogen) atoms. The number of rotatable bonds is 6. The molecule has 0 radical (unpaired) electrons. The molecule has 1 aliphatic heterocycles. The fraction of sp³-hybridized carbons (Fsp3) is 0.190. The molecular weight excluding hydrogens is 376 g/mol. The van der Waals surface area contributed by atoms with E-state index in [0.29, 0.717) is 28.6 Å². The SMILES string of the molecule is Cc1ccc(NC(=O)CCCN2C(=O)/C(=C/c3ccccc3)SC2=S)cc1. The number of carbonyl (C=O) groups excluding carboxylic acids is 2. The Hall–Kier alpha value is -2.44. The fourth-order valence-corrected chi connectivity index (χ4v) is 3.96. The van der Waals surface area contributed by atoms with Crippen molar-refractivity contribution >= 4 is 51.9 Å². The Bertz CT molecular complexity index is 877. The van der Waals surface area contributed by atoms with Crippen LogP contribution in [0.3, 0.4) is 0 Å². The molecule has 0 saturated carbocycles. The first kappa shape index (κ1) is 19.3. The number of nitrogens with zero attached hydrogens (tertiary/aromatic N) is 1. The van der Waals surface area contributed by atoms with E-state index in [1.165, 1.54) is 11.8 Å². The molecule has 0 atom stereocenters. The minimum atomic E-state index is -0.0900. The van der Waals surface area contributed by atoms with Crippen molar-refractivity contribution in [3.8, 4) is 0 Å². The van der Waals surface area contributed by atoms with Crippen LogP contribution in [-0.4, -0.2) is 27.6 Å². The van der Waals surface area contributed by atoms with Crippen LogP contribution < -0.4 is 5.32 Å². The maximum absolute atomic E-state index is 12.6. The Morgan fingerprint density at radius 2 is 1.85 bits per heavy atom. The van der Waals surface area contributed by atoms with E-state index in [2.05, 4.69) is 5.32 Å². The van der Waals surface area contributed by atoms with Gasteiger partial charge in [-0.05, 0) is 37.1 Å². The van der Waals surface area contributed by atoms with Crippen LogP contribution >= 0.6 is 24.0 Å². The van der Waals surface area contributed by atoms with Crippen LogP contribution in [0.4, 0.5) is 5.69 Å². The quantitative estimate of drug-likeness (QED) is 0.572. The van der Waals surface area contributed by atoms with Crippen LogP contribution in [-0.2, 0) is 9.59 Å². The molecule has 2 aromatic carbocycles. The number of anilines is 1. The summed E-state index contributed by atoms with van der Waals surface area (Å²) in [6, 6.07) is 17.4. The highest BCUT2D eigenvalue weighted by molar-refractivity contribution is 8.26. The lowest BCUT2D eigenvalue weighted by Crippen LogP contribution is -2.29. The summed E-state index contributed by atoms with van der Waals surface area (Å²) in [5.41, 5.74) is 2.89. The maximum atomic E-state index is 12.6. The van der Waals surface area contributed by atoms with Gasteiger partial charge >= 0.3 is 0 Å². The van der Waals surface area contributed by atoms with Crippen molar-refractivity contribution in [1.82, 2.24) is 4.90 Å². The van der Waals surface area contributed by atoms with E-state index in [1.807, 2.05) is 67.6 Å². The van der Waals surface area contributed by atoms with Gasteiger partial charge in [0.1, 0.15) is 4.32 Å². The van der Waals surface area contributed by atoms with Crippen molar-refractivity contribution in [3.63, 3.8) is 0 Å². The smallest absolute Gasteiger partial charge is 0.266 e. The van der Waals surface area contributed by atoms with Gasteiger partial charge in [0.15, 0.2) is 0 Å². The molecule has 2 aromatic rings. The van der Waals surface area contributed by atoms with Gasteiger partial charge in [0.2, 0.25) is 5.91 Å². The first-order valence-corrected chi connectivity index (χ1v) is 9.92. The summed E-state index contributed by atoms with van der Waals surface area (Å²) in [6.07, 6.45) is 2.74. The molecule has 4 nitrogen and oxygen atoms in total. The van der Waals surface area contributed by atoms with Crippen LogP contribution in [0.25, 0.3) is 6.08 Å². The molecular formula is C21H20N2O2S2. The molecule has 2 amide bonds. The van der Waals surface area contributed by atoms with E-state index in [-0.39, 0.29) is 11.8 Å². The molecule has 1 fully saturated rings. The molecule has 1 saturated heterocycles. The van der Waals surface area contributed by atoms with Crippen molar-refractivity contribution in [2.24, 2.45) is 0 Å². The van der Waals surface area contributed by atoms with Crippen molar-refractivity contribution in [1.29, 1.82) is 0 Å². The van der Waals surface area contributed by atoms with Gasteiger partial charge in [0.25, 0.3) is 5.91 Å². The lowest BCUT2D eigenvalue weighted by atomic mass is 10.2. The molecule has 0 spiro atoms. The van der Waals surface area contributed by atoms with E-state index in [0.717, 1.165) is 16.8 Å². The van der Waals surface area contributed by atoms with E-state index in [4.69, 9.17) is 12.2 Å². The number of hydrogen-bond acceptors (Lipinski definition) is 4. The summed E-state index contributed by atoms with van der Waals surface area (Å²) in [4.78, 5) is 26.8. The van der Waals surface area contributed by atoms with Gasteiger partial charge in [-0.1, -0.05) is 72.0 Å². The summed E-state index contributed by atoms with van der Waals surface area (Å²) < 4.78 is 0.543. The normalized spacial score (nSPS) is 15.4. The summed E-state index contributed by atoms with van der Waals surface area (Å²) in [6.45, 7) is 2.44. The number of carbonyl (C=O) groups is 2. The Kier molecular flexibility index (Phi) is 6.42. The number of aryl methyl sites for hydroxylation is 1. The average molecular weight is 397 g/mol. The Labute approximate surface area is 168 Å². The first-order valence-electron chi connectivity index (χ1n) is 8.70. The Morgan fingerprint density at radius 1 is 1.15 bits per heavy atom. The molecule has 0 aromatic heterocycles. The average Bonchev–Trinajstić information content (AvgIpc) is 2.92. The third kappa shape index (κ3) is 5.28. The highest BCUT2D eigenvalue weighted by atomic mass is 32.2. The highest BCUT2D eigenvalue weighted by Gasteiger charge is 2.31. The summed E-state index contributed by atoms with van der Waals surface area (Å²) in [5.74, 6) is -0.156. The van der Waals surface area contributed by atoms with Gasteiger partial charge in [0.05, 0.1) is 4.91 Å². The minimum Gasteiger partial charge on any atom is -0.326 e. The first-order chi connectivity index (χ1) is 13.0. The van der Waals surface area contributed by atoms with Gasteiger partial charge in [-0.2, -0.15) is 0 Å². The third-order valence-electron chi connectivity index (χ3n) is 4.09. The number of amides is 2. The van der Waals surface area contributed by atoms with Crippen molar-refractivity contribution in [3.05, 3.63) is 70.6 Å². The zero-order valence-corrected chi connectivity index (χ0v) is 16.6. The zero-order valence-electron chi connectivity index (χ0n) is 15.0. The molecule has 1 heterocycles. The van der Waals surface area contributed by atoms with Crippen molar-refractivity contribution in [2.75, 3.05) is 11.9 Å². The second-order valence-electron chi connectivity index (χ2n) is 6.26. The topological polar surface area (TPSA) is 49.4 Å². The molecule has 6 heteroatoms.